The molecule has 2 N–H and O–H groups in total. The SMILES string of the molecule is COc1cc(-c2cc(OC)cc(C(C)(C)C)c2OC(=O)O)c(O)c(C(C)(C)C)c1. The largest absolute Gasteiger partial charge is 0.511 e. The maximum Gasteiger partial charge on any atom is 0.511 e. The molecule has 0 aliphatic carbocycles. The summed E-state index contributed by atoms with van der Waals surface area (Å²) in [6.07, 6.45) is -1.43. The molecule has 0 amide bonds. The Kier molecular flexibility index (Phi) is 6.07. The van der Waals surface area contributed by atoms with Gasteiger partial charge in [-0.1, -0.05) is 41.5 Å². The van der Waals surface area contributed by atoms with Crippen LogP contribution in [0.1, 0.15) is 52.7 Å². The van der Waals surface area contributed by atoms with Crippen molar-refractivity contribution in [2.45, 2.75) is 52.4 Å². The molecular formula is C23H30O6. The van der Waals surface area contributed by atoms with Crippen LogP contribution in [0.3, 0.4) is 0 Å². The number of hydrogen-bond acceptors (Lipinski definition) is 5. The summed E-state index contributed by atoms with van der Waals surface area (Å²) in [6, 6.07) is 6.86. The summed E-state index contributed by atoms with van der Waals surface area (Å²) < 4.78 is 16.1. The van der Waals surface area contributed by atoms with Crippen molar-refractivity contribution in [1.82, 2.24) is 0 Å². The summed E-state index contributed by atoms with van der Waals surface area (Å²) in [6.45, 7) is 11.8. The molecule has 0 aliphatic rings. The van der Waals surface area contributed by atoms with Gasteiger partial charge in [-0.05, 0) is 35.1 Å². The molecule has 0 spiro atoms. The maximum absolute atomic E-state index is 11.5. The van der Waals surface area contributed by atoms with E-state index in [1.54, 1.807) is 31.4 Å². The van der Waals surface area contributed by atoms with Gasteiger partial charge >= 0.3 is 6.16 Å². The Labute approximate surface area is 172 Å². The van der Waals surface area contributed by atoms with E-state index in [4.69, 9.17) is 14.2 Å². The Morgan fingerprint density at radius 1 is 0.793 bits per heavy atom. The Balaban J connectivity index is 2.98. The molecule has 0 radical (unpaired) electrons. The van der Waals surface area contributed by atoms with Gasteiger partial charge in [-0.25, -0.2) is 4.79 Å². The van der Waals surface area contributed by atoms with Crippen LogP contribution in [-0.2, 0) is 10.8 Å². The van der Waals surface area contributed by atoms with Crippen LogP contribution in [0.4, 0.5) is 4.79 Å². The fourth-order valence-electron chi connectivity index (χ4n) is 3.18. The summed E-state index contributed by atoms with van der Waals surface area (Å²) in [5.74, 6) is 1.28. The van der Waals surface area contributed by atoms with Gasteiger partial charge in [0.15, 0.2) is 0 Å². The first kappa shape index (κ1) is 22.4. The number of benzene rings is 2. The highest BCUT2D eigenvalue weighted by atomic mass is 16.7. The van der Waals surface area contributed by atoms with Crippen LogP contribution < -0.4 is 14.2 Å². The molecule has 0 aromatic heterocycles. The first-order chi connectivity index (χ1) is 13.3. The van der Waals surface area contributed by atoms with Crippen LogP contribution in [-0.4, -0.2) is 30.6 Å². The van der Waals surface area contributed by atoms with Gasteiger partial charge in [0.1, 0.15) is 23.0 Å². The third kappa shape index (κ3) is 4.75. The average molecular weight is 402 g/mol. The fourth-order valence-corrected chi connectivity index (χ4v) is 3.18. The van der Waals surface area contributed by atoms with Gasteiger partial charge in [0.2, 0.25) is 0 Å². The highest BCUT2D eigenvalue weighted by Crippen LogP contribution is 2.48. The summed E-state index contributed by atoms with van der Waals surface area (Å²) >= 11 is 0. The van der Waals surface area contributed by atoms with Gasteiger partial charge in [-0.15, -0.1) is 0 Å². The van der Waals surface area contributed by atoms with Gasteiger partial charge in [-0.2, -0.15) is 0 Å². The van der Waals surface area contributed by atoms with Crippen molar-refractivity contribution in [2.24, 2.45) is 0 Å². The molecule has 29 heavy (non-hydrogen) atoms. The van der Waals surface area contributed by atoms with Crippen LogP contribution in [0.5, 0.6) is 23.0 Å². The van der Waals surface area contributed by atoms with Crippen LogP contribution in [0.15, 0.2) is 24.3 Å². The molecule has 2 aromatic rings. The fraction of sp³-hybridized carbons (Fsp3) is 0.435. The van der Waals surface area contributed by atoms with Gasteiger partial charge in [0, 0.05) is 22.3 Å². The predicted octanol–water partition coefficient (Wildman–Crippen LogP) is 5.73. The average Bonchev–Trinajstić information content (AvgIpc) is 2.59. The van der Waals surface area contributed by atoms with Gasteiger partial charge < -0.3 is 24.4 Å². The number of hydrogen-bond donors (Lipinski definition) is 2. The predicted molar refractivity (Wildman–Crippen MR) is 113 cm³/mol. The molecule has 0 saturated carbocycles. The van der Waals surface area contributed by atoms with E-state index in [0.717, 1.165) is 0 Å². The van der Waals surface area contributed by atoms with Crippen molar-refractivity contribution >= 4 is 6.16 Å². The monoisotopic (exact) mass is 402 g/mol. The Morgan fingerprint density at radius 2 is 1.24 bits per heavy atom. The molecular weight excluding hydrogens is 372 g/mol. The number of carboxylic acid groups (broad SMARTS) is 1. The minimum Gasteiger partial charge on any atom is -0.507 e. The molecule has 0 atom stereocenters. The molecule has 2 rings (SSSR count). The van der Waals surface area contributed by atoms with Crippen molar-refractivity contribution in [3.8, 4) is 34.1 Å². The molecule has 0 fully saturated rings. The minimum atomic E-state index is -1.43. The first-order valence-electron chi connectivity index (χ1n) is 9.34. The van der Waals surface area contributed by atoms with E-state index in [0.29, 0.717) is 33.8 Å². The molecule has 0 unspecified atom stereocenters. The zero-order valence-corrected chi connectivity index (χ0v) is 18.3. The van der Waals surface area contributed by atoms with Gasteiger partial charge in [-0.3, -0.25) is 0 Å². The number of phenolic OH excluding ortho intramolecular Hbond substituents is 1. The zero-order valence-electron chi connectivity index (χ0n) is 18.3. The van der Waals surface area contributed by atoms with Crippen LogP contribution in [0.25, 0.3) is 11.1 Å². The molecule has 0 bridgehead atoms. The van der Waals surface area contributed by atoms with E-state index in [9.17, 15) is 15.0 Å². The molecule has 6 nitrogen and oxygen atoms in total. The van der Waals surface area contributed by atoms with E-state index in [-0.39, 0.29) is 16.9 Å². The smallest absolute Gasteiger partial charge is 0.507 e. The van der Waals surface area contributed by atoms with Crippen molar-refractivity contribution in [1.29, 1.82) is 0 Å². The van der Waals surface area contributed by atoms with E-state index in [1.165, 1.54) is 7.11 Å². The molecule has 158 valence electrons. The maximum atomic E-state index is 11.5. The number of methoxy groups -OCH3 is 2. The standard InChI is InChI=1S/C23H30O6/c1-22(2,3)17-11-13(27-7)9-15(19(17)24)16-10-14(28-8)12-18(23(4,5)6)20(16)29-21(25)26/h9-12,24H,1-8H3,(H,25,26). The zero-order chi connectivity index (χ0) is 22.1. The number of carbonyl (C=O) groups is 1. The van der Waals surface area contributed by atoms with Crippen molar-refractivity contribution in [3.05, 3.63) is 35.4 Å². The van der Waals surface area contributed by atoms with E-state index >= 15 is 0 Å². The number of phenols is 1. The Morgan fingerprint density at radius 3 is 1.66 bits per heavy atom. The van der Waals surface area contributed by atoms with E-state index in [1.807, 2.05) is 41.5 Å². The second kappa shape index (κ2) is 7.85. The van der Waals surface area contributed by atoms with Crippen molar-refractivity contribution in [2.75, 3.05) is 14.2 Å². The number of ether oxygens (including phenoxy) is 3. The lowest BCUT2D eigenvalue weighted by atomic mass is 9.81. The first-order valence-corrected chi connectivity index (χ1v) is 9.34. The van der Waals surface area contributed by atoms with Crippen LogP contribution in [0, 0.1) is 0 Å². The molecule has 2 aromatic carbocycles. The second-order valence-corrected chi connectivity index (χ2v) is 8.99. The quantitative estimate of drug-likeness (QED) is 0.502. The normalized spacial score (nSPS) is 11.9. The van der Waals surface area contributed by atoms with Crippen LogP contribution >= 0.6 is 0 Å². The lowest BCUT2D eigenvalue weighted by molar-refractivity contribution is 0.143. The Bertz CT molecular complexity index is 916. The third-order valence-corrected chi connectivity index (χ3v) is 4.71. The minimum absolute atomic E-state index is 0.0432. The van der Waals surface area contributed by atoms with Crippen molar-refractivity contribution < 1.29 is 29.2 Å². The third-order valence-electron chi connectivity index (χ3n) is 4.71. The Hall–Kier alpha value is -2.89. The highest BCUT2D eigenvalue weighted by molar-refractivity contribution is 5.83. The molecule has 0 heterocycles. The van der Waals surface area contributed by atoms with Crippen molar-refractivity contribution in [3.63, 3.8) is 0 Å². The van der Waals surface area contributed by atoms with E-state index in [2.05, 4.69) is 0 Å². The second-order valence-electron chi connectivity index (χ2n) is 8.99. The lowest BCUT2D eigenvalue weighted by Crippen LogP contribution is -2.17. The molecule has 6 heteroatoms. The summed E-state index contributed by atoms with van der Waals surface area (Å²) in [5, 5.41) is 20.5. The highest BCUT2D eigenvalue weighted by Gasteiger charge is 2.29. The summed E-state index contributed by atoms with van der Waals surface area (Å²) in [4.78, 5) is 11.5. The summed E-state index contributed by atoms with van der Waals surface area (Å²) in [5.41, 5.74) is 1.35. The number of aromatic hydroxyl groups is 1. The summed E-state index contributed by atoms with van der Waals surface area (Å²) in [7, 11) is 3.08. The topological polar surface area (TPSA) is 85.2 Å². The number of rotatable bonds is 4. The molecule has 0 aliphatic heterocycles. The van der Waals surface area contributed by atoms with E-state index < -0.39 is 11.6 Å². The van der Waals surface area contributed by atoms with Gasteiger partial charge in [0.25, 0.3) is 0 Å². The molecule has 0 saturated heterocycles. The van der Waals surface area contributed by atoms with Gasteiger partial charge in [0.05, 0.1) is 14.2 Å². The lowest BCUT2D eigenvalue weighted by Gasteiger charge is -2.27. The van der Waals surface area contributed by atoms with Crippen LogP contribution in [0.2, 0.25) is 0 Å².